The zero-order valence-corrected chi connectivity index (χ0v) is 12.5. The Bertz CT molecular complexity index is 449. The molecule has 0 heterocycles. The van der Waals surface area contributed by atoms with Gasteiger partial charge in [0, 0.05) is 16.6 Å². The van der Waals surface area contributed by atoms with Crippen LogP contribution in [0.3, 0.4) is 0 Å². The molecule has 18 heavy (non-hydrogen) atoms. The molecule has 0 saturated heterocycles. The highest BCUT2D eigenvalue weighted by Crippen LogP contribution is 2.23. The number of amides is 1. The number of ether oxygens (including phenoxy) is 1. The minimum Gasteiger partial charge on any atom is -0.375 e. The lowest BCUT2D eigenvalue weighted by Gasteiger charge is -2.07. The zero-order valence-electron chi connectivity index (χ0n) is 10.1. The smallest absolute Gasteiger partial charge is 0.251 e. The van der Waals surface area contributed by atoms with Crippen LogP contribution in [0.15, 0.2) is 34.8 Å². The van der Waals surface area contributed by atoms with Crippen molar-refractivity contribution in [1.82, 2.24) is 5.32 Å². The van der Waals surface area contributed by atoms with Crippen molar-refractivity contribution in [2.24, 2.45) is 0 Å². The number of halogens is 2. The van der Waals surface area contributed by atoms with Crippen LogP contribution in [0.25, 0.3) is 0 Å². The zero-order chi connectivity index (χ0) is 13.5. The molecule has 5 heteroatoms. The van der Waals surface area contributed by atoms with Crippen LogP contribution in [0.2, 0.25) is 5.02 Å². The van der Waals surface area contributed by atoms with Crippen molar-refractivity contribution in [3.8, 4) is 0 Å². The summed E-state index contributed by atoms with van der Waals surface area (Å²) in [7, 11) is 0. The molecule has 0 atom stereocenters. The van der Waals surface area contributed by atoms with Gasteiger partial charge in [-0.3, -0.25) is 4.79 Å². The molecule has 0 fully saturated rings. The normalized spacial score (nSPS) is 10.2. The van der Waals surface area contributed by atoms with Crippen molar-refractivity contribution in [3.05, 3.63) is 45.4 Å². The molecule has 1 aromatic carbocycles. The predicted octanol–water partition coefficient (Wildman–Crippen LogP) is 3.43. The topological polar surface area (TPSA) is 38.3 Å². The fraction of sp³-hybridized carbons (Fsp3) is 0.308. The van der Waals surface area contributed by atoms with Gasteiger partial charge in [-0.05, 0) is 41.1 Å². The minimum absolute atomic E-state index is 0.147. The van der Waals surface area contributed by atoms with E-state index in [4.69, 9.17) is 16.3 Å². The average Bonchev–Trinajstić information content (AvgIpc) is 2.31. The minimum atomic E-state index is -0.147. The number of carbonyl (C=O) groups is 1. The highest BCUT2D eigenvalue weighted by atomic mass is 79.9. The second kappa shape index (κ2) is 7.56. The molecule has 0 aromatic heterocycles. The summed E-state index contributed by atoms with van der Waals surface area (Å²) in [6, 6.07) is 5.04. The third-order valence-corrected chi connectivity index (χ3v) is 3.28. The Morgan fingerprint density at radius 2 is 2.28 bits per heavy atom. The lowest BCUT2D eigenvalue weighted by atomic mass is 10.2. The molecular weight excluding hydrogens is 318 g/mol. The van der Waals surface area contributed by atoms with Crippen molar-refractivity contribution in [2.75, 3.05) is 19.8 Å². The van der Waals surface area contributed by atoms with Crippen LogP contribution in [0, 0.1) is 0 Å². The van der Waals surface area contributed by atoms with E-state index in [1.807, 2.05) is 6.92 Å². The first kappa shape index (κ1) is 15.2. The fourth-order valence-electron chi connectivity index (χ4n) is 1.22. The fourth-order valence-corrected chi connectivity index (χ4v) is 1.72. The molecule has 0 spiro atoms. The van der Waals surface area contributed by atoms with Gasteiger partial charge in [0.05, 0.1) is 18.2 Å². The summed E-state index contributed by atoms with van der Waals surface area (Å²) in [6.07, 6.45) is 0. The average molecular weight is 333 g/mol. The van der Waals surface area contributed by atoms with Crippen LogP contribution >= 0.6 is 27.5 Å². The summed E-state index contributed by atoms with van der Waals surface area (Å²) in [4.78, 5) is 11.8. The van der Waals surface area contributed by atoms with Gasteiger partial charge in [-0.2, -0.15) is 0 Å². The Kier molecular flexibility index (Phi) is 6.39. The van der Waals surface area contributed by atoms with Crippen molar-refractivity contribution in [1.29, 1.82) is 0 Å². The van der Waals surface area contributed by atoms with Gasteiger partial charge in [0.15, 0.2) is 0 Å². The highest BCUT2D eigenvalue weighted by Gasteiger charge is 2.06. The van der Waals surface area contributed by atoms with Gasteiger partial charge in [0.1, 0.15) is 0 Å². The lowest BCUT2D eigenvalue weighted by Crippen LogP contribution is -2.27. The van der Waals surface area contributed by atoms with Crippen LogP contribution in [0.1, 0.15) is 17.3 Å². The molecule has 0 unspecified atom stereocenters. The summed E-state index contributed by atoms with van der Waals surface area (Å²) in [5.74, 6) is -0.147. The first-order valence-electron chi connectivity index (χ1n) is 5.46. The van der Waals surface area contributed by atoms with Crippen molar-refractivity contribution in [3.63, 3.8) is 0 Å². The lowest BCUT2D eigenvalue weighted by molar-refractivity contribution is 0.0926. The number of hydrogen-bond acceptors (Lipinski definition) is 2. The molecule has 1 aromatic rings. The third kappa shape index (κ3) is 5.21. The first-order chi connectivity index (χ1) is 8.50. The second-order valence-electron chi connectivity index (χ2n) is 3.89. The molecule has 1 amide bonds. The molecule has 1 rings (SSSR count). The maximum absolute atomic E-state index is 11.8. The summed E-state index contributed by atoms with van der Waals surface area (Å²) in [5, 5.41) is 3.34. The Morgan fingerprint density at radius 1 is 1.56 bits per heavy atom. The molecule has 0 radical (unpaired) electrons. The van der Waals surface area contributed by atoms with Crippen molar-refractivity contribution in [2.45, 2.75) is 6.92 Å². The van der Waals surface area contributed by atoms with Gasteiger partial charge in [0.2, 0.25) is 0 Å². The Hall–Kier alpha value is -0.840. The Morgan fingerprint density at radius 3 is 2.89 bits per heavy atom. The van der Waals surface area contributed by atoms with Crippen LogP contribution in [0.5, 0.6) is 0 Å². The Balaban J connectivity index is 2.36. The standard InChI is InChI=1S/C13H15BrClNO2/c1-9(2)8-18-6-5-16-13(17)10-3-4-12(15)11(14)7-10/h3-4,7H,1,5-6,8H2,2H3,(H,16,17). The summed E-state index contributed by atoms with van der Waals surface area (Å²) in [6.45, 7) is 7.06. The predicted molar refractivity (Wildman–Crippen MR) is 77.1 cm³/mol. The molecular formula is C13H15BrClNO2. The highest BCUT2D eigenvalue weighted by molar-refractivity contribution is 9.10. The summed E-state index contributed by atoms with van der Waals surface area (Å²) in [5.41, 5.74) is 1.52. The van der Waals surface area contributed by atoms with Crippen LogP contribution in [-0.2, 0) is 4.74 Å². The number of benzene rings is 1. The van der Waals surface area contributed by atoms with Crippen molar-refractivity contribution < 1.29 is 9.53 Å². The van der Waals surface area contributed by atoms with Crippen LogP contribution in [-0.4, -0.2) is 25.7 Å². The third-order valence-electron chi connectivity index (χ3n) is 2.06. The van der Waals surface area contributed by atoms with Gasteiger partial charge in [-0.1, -0.05) is 23.8 Å². The van der Waals surface area contributed by atoms with E-state index in [1.165, 1.54) is 0 Å². The summed E-state index contributed by atoms with van der Waals surface area (Å²) < 4.78 is 5.98. The number of hydrogen-bond donors (Lipinski definition) is 1. The molecule has 0 bridgehead atoms. The maximum Gasteiger partial charge on any atom is 0.251 e. The molecule has 1 N–H and O–H groups in total. The Labute approximate surface area is 120 Å². The van der Waals surface area contributed by atoms with Crippen molar-refractivity contribution >= 4 is 33.4 Å². The van der Waals surface area contributed by atoms with E-state index < -0.39 is 0 Å². The van der Waals surface area contributed by atoms with Gasteiger partial charge in [-0.25, -0.2) is 0 Å². The molecule has 0 aliphatic carbocycles. The maximum atomic E-state index is 11.8. The molecule has 0 aliphatic heterocycles. The van der Waals surface area contributed by atoms with E-state index in [0.717, 1.165) is 5.57 Å². The quantitative estimate of drug-likeness (QED) is 0.640. The van der Waals surface area contributed by atoms with E-state index in [9.17, 15) is 4.79 Å². The van der Waals surface area contributed by atoms with Gasteiger partial charge < -0.3 is 10.1 Å². The molecule has 98 valence electrons. The second-order valence-corrected chi connectivity index (χ2v) is 5.16. The van der Waals surface area contributed by atoms with Gasteiger partial charge in [-0.15, -0.1) is 0 Å². The number of carbonyl (C=O) groups excluding carboxylic acids is 1. The largest absolute Gasteiger partial charge is 0.375 e. The van der Waals surface area contributed by atoms with E-state index in [0.29, 0.717) is 34.8 Å². The monoisotopic (exact) mass is 331 g/mol. The molecule has 3 nitrogen and oxygen atoms in total. The molecule has 0 aliphatic rings. The van der Waals surface area contributed by atoms with Gasteiger partial charge >= 0.3 is 0 Å². The van der Waals surface area contributed by atoms with E-state index in [1.54, 1.807) is 18.2 Å². The van der Waals surface area contributed by atoms with Crippen LogP contribution < -0.4 is 5.32 Å². The van der Waals surface area contributed by atoms with E-state index in [-0.39, 0.29) is 5.91 Å². The summed E-state index contributed by atoms with van der Waals surface area (Å²) >= 11 is 9.13. The van der Waals surface area contributed by atoms with Crippen LogP contribution in [0.4, 0.5) is 0 Å². The molecule has 0 saturated carbocycles. The first-order valence-corrected chi connectivity index (χ1v) is 6.63. The SMILES string of the molecule is C=C(C)COCCNC(=O)c1ccc(Cl)c(Br)c1. The van der Waals surface area contributed by atoms with E-state index >= 15 is 0 Å². The van der Waals surface area contributed by atoms with E-state index in [2.05, 4.69) is 27.8 Å². The number of rotatable bonds is 6. The number of nitrogens with one attached hydrogen (secondary N) is 1. The van der Waals surface area contributed by atoms with Gasteiger partial charge in [0.25, 0.3) is 5.91 Å².